The van der Waals surface area contributed by atoms with Gasteiger partial charge in [0.25, 0.3) is 0 Å². The van der Waals surface area contributed by atoms with Crippen LogP contribution in [0.1, 0.15) is 37.6 Å². The van der Waals surface area contributed by atoms with Crippen LogP contribution in [0.15, 0.2) is 72.9 Å². The number of methoxy groups -OCH3 is 1. The van der Waals surface area contributed by atoms with E-state index in [0.717, 1.165) is 16.8 Å². The summed E-state index contributed by atoms with van der Waals surface area (Å²) in [5, 5.41) is 0. The number of hydrogen-bond donors (Lipinski definition) is 0. The number of rotatable bonds is 9. The molecular formula is C27H32N2O3. The van der Waals surface area contributed by atoms with Gasteiger partial charge in [-0.25, -0.2) is 0 Å². The van der Waals surface area contributed by atoms with E-state index in [4.69, 9.17) is 9.47 Å². The fraction of sp³-hybridized carbons (Fsp3) is 0.333. The summed E-state index contributed by atoms with van der Waals surface area (Å²) in [5.74, 6) is 1.45. The van der Waals surface area contributed by atoms with Crippen molar-refractivity contribution >= 4 is 5.91 Å². The predicted molar refractivity (Wildman–Crippen MR) is 127 cm³/mol. The van der Waals surface area contributed by atoms with Crippen molar-refractivity contribution in [3.63, 3.8) is 0 Å². The standard InChI is InChI=1S/C27H32N2O3/c1-27(2,3)26(30)29(17-15-23-12-8-9-16-28-23)19-22-13-14-24(25(18-22)31-4)32-20-21-10-6-5-7-11-21/h5-14,16,18H,15,17,19-20H2,1-4H3. The Morgan fingerprint density at radius 2 is 1.69 bits per heavy atom. The van der Waals surface area contributed by atoms with Crippen molar-refractivity contribution in [2.45, 2.75) is 40.3 Å². The maximum absolute atomic E-state index is 13.1. The zero-order valence-corrected chi connectivity index (χ0v) is 19.4. The molecule has 0 saturated carbocycles. The van der Waals surface area contributed by atoms with Crippen molar-refractivity contribution in [3.05, 3.63) is 89.7 Å². The number of pyridine rings is 1. The number of carbonyl (C=O) groups excluding carboxylic acids is 1. The van der Waals surface area contributed by atoms with Gasteiger partial charge in [0, 0.05) is 36.8 Å². The highest BCUT2D eigenvalue weighted by Crippen LogP contribution is 2.30. The predicted octanol–water partition coefficient (Wildman–Crippen LogP) is 5.29. The lowest BCUT2D eigenvalue weighted by Crippen LogP contribution is -2.40. The van der Waals surface area contributed by atoms with Gasteiger partial charge in [-0.05, 0) is 35.4 Å². The molecule has 3 rings (SSSR count). The molecule has 1 aromatic heterocycles. The highest BCUT2D eigenvalue weighted by atomic mass is 16.5. The largest absolute Gasteiger partial charge is 0.493 e. The molecule has 2 aromatic carbocycles. The number of hydrogen-bond acceptors (Lipinski definition) is 4. The van der Waals surface area contributed by atoms with Crippen molar-refractivity contribution in [2.24, 2.45) is 5.41 Å². The molecule has 0 radical (unpaired) electrons. The van der Waals surface area contributed by atoms with E-state index >= 15 is 0 Å². The monoisotopic (exact) mass is 432 g/mol. The Kier molecular flexibility index (Phi) is 7.87. The molecule has 0 aliphatic heterocycles. The molecule has 0 fully saturated rings. The lowest BCUT2D eigenvalue weighted by atomic mass is 9.94. The van der Waals surface area contributed by atoms with Gasteiger partial charge in [-0.3, -0.25) is 9.78 Å². The molecule has 0 unspecified atom stereocenters. The smallest absolute Gasteiger partial charge is 0.228 e. The fourth-order valence-electron chi connectivity index (χ4n) is 3.41. The quantitative estimate of drug-likeness (QED) is 0.461. The third-order valence-electron chi connectivity index (χ3n) is 5.13. The molecule has 0 N–H and O–H groups in total. The normalized spacial score (nSPS) is 11.1. The van der Waals surface area contributed by atoms with E-state index in [1.54, 1.807) is 13.3 Å². The summed E-state index contributed by atoms with van der Waals surface area (Å²) in [5.41, 5.74) is 2.59. The van der Waals surface area contributed by atoms with Crippen LogP contribution >= 0.6 is 0 Å². The molecule has 0 atom stereocenters. The van der Waals surface area contributed by atoms with Crippen molar-refractivity contribution in [1.29, 1.82) is 0 Å². The van der Waals surface area contributed by atoms with Gasteiger partial charge in [0.05, 0.1) is 7.11 Å². The Balaban J connectivity index is 1.73. The third kappa shape index (κ3) is 6.58. The number of nitrogens with zero attached hydrogens (tertiary/aromatic N) is 2. The maximum atomic E-state index is 13.1. The summed E-state index contributed by atoms with van der Waals surface area (Å²) in [6.45, 7) is 7.41. The highest BCUT2D eigenvalue weighted by molar-refractivity contribution is 5.81. The van der Waals surface area contributed by atoms with Gasteiger partial charge in [0.15, 0.2) is 11.5 Å². The molecule has 5 heteroatoms. The van der Waals surface area contributed by atoms with Crippen molar-refractivity contribution in [2.75, 3.05) is 13.7 Å². The topological polar surface area (TPSA) is 51.7 Å². The Morgan fingerprint density at radius 3 is 2.34 bits per heavy atom. The Bertz CT molecular complexity index is 998. The van der Waals surface area contributed by atoms with Gasteiger partial charge in [-0.1, -0.05) is 63.2 Å². The molecule has 3 aromatic rings. The van der Waals surface area contributed by atoms with Gasteiger partial charge in [0.1, 0.15) is 6.61 Å². The first-order valence-electron chi connectivity index (χ1n) is 10.9. The molecule has 32 heavy (non-hydrogen) atoms. The first-order valence-corrected chi connectivity index (χ1v) is 10.9. The first-order chi connectivity index (χ1) is 15.4. The van der Waals surface area contributed by atoms with E-state index in [-0.39, 0.29) is 5.91 Å². The highest BCUT2D eigenvalue weighted by Gasteiger charge is 2.27. The summed E-state index contributed by atoms with van der Waals surface area (Å²) < 4.78 is 11.5. The molecule has 0 aliphatic rings. The first kappa shape index (κ1) is 23.3. The minimum atomic E-state index is -0.465. The molecule has 0 aliphatic carbocycles. The zero-order valence-electron chi connectivity index (χ0n) is 19.4. The fourth-order valence-corrected chi connectivity index (χ4v) is 3.41. The number of benzene rings is 2. The third-order valence-corrected chi connectivity index (χ3v) is 5.13. The SMILES string of the molecule is COc1cc(CN(CCc2ccccn2)C(=O)C(C)(C)C)ccc1OCc1ccccc1. The average Bonchev–Trinajstić information content (AvgIpc) is 2.81. The van der Waals surface area contributed by atoms with Gasteiger partial charge >= 0.3 is 0 Å². The van der Waals surface area contributed by atoms with Crippen molar-refractivity contribution in [1.82, 2.24) is 9.88 Å². The second-order valence-corrected chi connectivity index (χ2v) is 8.81. The van der Waals surface area contributed by atoms with Crippen LogP contribution in [0, 0.1) is 5.41 Å². The lowest BCUT2D eigenvalue weighted by molar-refractivity contribution is -0.140. The average molecular weight is 433 g/mol. The number of ether oxygens (including phenoxy) is 2. The Hall–Kier alpha value is -3.34. The number of aromatic nitrogens is 1. The summed E-state index contributed by atoms with van der Waals surface area (Å²) in [4.78, 5) is 19.4. The second kappa shape index (κ2) is 10.8. The molecule has 0 saturated heterocycles. The van der Waals surface area contributed by atoms with E-state index in [1.165, 1.54) is 0 Å². The van der Waals surface area contributed by atoms with Gasteiger partial charge in [-0.15, -0.1) is 0 Å². The molecule has 1 heterocycles. The number of amides is 1. The minimum Gasteiger partial charge on any atom is -0.493 e. The number of carbonyl (C=O) groups is 1. The molecule has 1 amide bonds. The van der Waals surface area contributed by atoms with Gasteiger partial charge in [0.2, 0.25) is 5.91 Å². The van der Waals surface area contributed by atoms with E-state index in [9.17, 15) is 4.79 Å². The van der Waals surface area contributed by atoms with Crippen LogP contribution in [0.3, 0.4) is 0 Å². The summed E-state index contributed by atoms with van der Waals surface area (Å²) in [7, 11) is 1.63. The van der Waals surface area contributed by atoms with Crippen LogP contribution in [-0.4, -0.2) is 29.4 Å². The van der Waals surface area contributed by atoms with Crippen LogP contribution in [0.4, 0.5) is 0 Å². The molecule has 168 valence electrons. The Morgan fingerprint density at radius 1 is 0.938 bits per heavy atom. The maximum Gasteiger partial charge on any atom is 0.228 e. The molecule has 5 nitrogen and oxygen atoms in total. The van der Waals surface area contributed by atoms with E-state index in [2.05, 4.69) is 4.98 Å². The molecule has 0 spiro atoms. The van der Waals surface area contributed by atoms with E-state index in [1.807, 2.05) is 92.4 Å². The molecular weight excluding hydrogens is 400 g/mol. The van der Waals surface area contributed by atoms with E-state index < -0.39 is 5.41 Å². The second-order valence-electron chi connectivity index (χ2n) is 8.81. The van der Waals surface area contributed by atoms with Gasteiger partial charge < -0.3 is 14.4 Å². The Labute approximate surface area is 191 Å². The zero-order chi connectivity index (χ0) is 23.0. The summed E-state index contributed by atoms with van der Waals surface area (Å²) >= 11 is 0. The van der Waals surface area contributed by atoms with Crippen LogP contribution in [0.5, 0.6) is 11.5 Å². The van der Waals surface area contributed by atoms with Crippen LogP contribution in [0.25, 0.3) is 0 Å². The lowest BCUT2D eigenvalue weighted by Gasteiger charge is -2.30. The van der Waals surface area contributed by atoms with Crippen molar-refractivity contribution in [3.8, 4) is 11.5 Å². The van der Waals surface area contributed by atoms with Crippen LogP contribution in [-0.2, 0) is 24.4 Å². The minimum absolute atomic E-state index is 0.108. The summed E-state index contributed by atoms with van der Waals surface area (Å²) in [6, 6.07) is 21.7. The molecule has 0 bridgehead atoms. The summed E-state index contributed by atoms with van der Waals surface area (Å²) in [6.07, 6.45) is 2.49. The van der Waals surface area contributed by atoms with Crippen LogP contribution in [0.2, 0.25) is 0 Å². The van der Waals surface area contributed by atoms with E-state index in [0.29, 0.717) is 37.6 Å². The van der Waals surface area contributed by atoms with Crippen LogP contribution < -0.4 is 9.47 Å². The van der Waals surface area contributed by atoms with Crippen molar-refractivity contribution < 1.29 is 14.3 Å². The van der Waals surface area contributed by atoms with Gasteiger partial charge in [-0.2, -0.15) is 0 Å².